The van der Waals surface area contributed by atoms with Crippen molar-refractivity contribution in [1.82, 2.24) is 4.90 Å². The van der Waals surface area contributed by atoms with Crippen LogP contribution in [-0.4, -0.2) is 69.5 Å². The SMILES string of the molecule is COCC(=O)CN(C)CC(O)COC. The summed E-state index contributed by atoms with van der Waals surface area (Å²) in [6, 6.07) is 0. The Morgan fingerprint density at radius 3 is 2.57 bits per heavy atom. The van der Waals surface area contributed by atoms with Crippen LogP contribution in [0.2, 0.25) is 0 Å². The van der Waals surface area contributed by atoms with Crippen molar-refractivity contribution in [3.63, 3.8) is 0 Å². The van der Waals surface area contributed by atoms with Gasteiger partial charge in [0.25, 0.3) is 0 Å². The van der Waals surface area contributed by atoms with Crippen LogP contribution in [0.25, 0.3) is 0 Å². The van der Waals surface area contributed by atoms with Gasteiger partial charge in [-0.25, -0.2) is 0 Å². The first-order valence-corrected chi connectivity index (χ1v) is 4.46. The van der Waals surface area contributed by atoms with Crippen molar-refractivity contribution in [2.24, 2.45) is 0 Å². The molecule has 0 aromatic heterocycles. The zero-order chi connectivity index (χ0) is 11.0. The molecule has 5 nitrogen and oxygen atoms in total. The highest BCUT2D eigenvalue weighted by Crippen LogP contribution is 1.90. The van der Waals surface area contributed by atoms with Crippen LogP contribution in [0.5, 0.6) is 0 Å². The lowest BCUT2D eigenvalue weighted by atomic mass is 10.3. The zero-order valence-corrected chi connectivity index (χ0v) is 9.02. The van der Waals surface area contributed by atoms with Crippen molar-refractivity contribution in [2.45, 2.75) is 6.10 Å². The molecule has 0 aliphatic rings. The van der Waals surface area contributed by atoms with Crippen LogP contribution >= 0.6 is 0 Å². The molecule has 14 heavy (non-hydrogen) atoms. The Morgan fingerprint density at radius 2 is 2.07 bits per heavy atom. The van der Waals surface area contributed by atoms with Crippen molar-refractivity contribution < 1.29 is 19.4 Å². The van der Waals surface area contributed by atoms with Gasteiger partial charge in [-0.1, -0.05) is 0 Å². The summed E-state index contributed by atoms with van der Waals surface area (Å²) >= 11 is 0. The first kappa shape index (κ1) is 13.5. The lowest BCUT2D eigenvalue weighted by molar-refractivity contribution is -0.123. The highest BCUT2D eigenvalue weighted by molar-refractivity contribution is 5.81. The number of likely N-dealkylation sites (N-methyl/N-ethyl adjacent to an activating group) is 1. The molecule has 0 heterocycles. The lowest BCUT2D eigenvalue weighted by Crippen LogP contribution is -2.36. The van der Waals surface area contributed by atoms with Gasteiger partial charge in [-0.15, -0.1) is 0 Å². The molecule has 0 aromatic rings. The van der Waals surface area contributed by atoms with E-state index in [-0.39, 0.29) is 25.5 Å². The van der Waals surface area contributed by atoms with Gasteiger partial charge in [0, 0.05) is 20.8 Å². The van der Waals surface area contributed by atoms with E-state index < -0.39 is 6.10 Å². The third kappa shape index (κ3) is 6.97. The Balaban J connectivity index is 3.63. The highest BCUT2D eigenvalue weighted by atomic mass is 16.5. The number of carbonyl (C=O) groups excluding carboxylic acids is 1. The maximum Gasteiger partial charge on any atom is 0.172 e. The second-order valence-corrected chi connectivity index (χ2v) is 3.28. The van der Waals surface area contributed by atoms with Gasteiger partial charge in [0.05, 0.1) is 19.3 Å². The van der Waals surface area contributed by atoms with Gasteiger partial charge >= 0.3 is 0 Å². The van der Waals surface area contributed by atoms with Crippen molar-refractivity contribution >= 4 is 5.78 Å². The number of aliphatic hydroxyl groups is 1. The van der Waals surface area contributed by atoms with E-state index in [1.54, 1.807) is 11.9 Å². The largest absolute Gasteiger partial charge is 0.389 e. The number of carbonyl (C=O) groups is 1. The van der Waals surface area contributed by atoms with Crippen LogP contribution in [0.1, 0.15) is 0 Å². The molecule has 0 amide bonds. The van der Waals surface area contributed by atoms with E-state index in [0.29, 0.717) is 6.54 Å². The first-order chi connectivity index (χ1) is 6.60. The fourth-order valence-corrected chi connectivity index (χ4v) is 1.18. The molecule has 5 heteroatoms. The summed E-state index contributed by atoms with van der Waals surface area (Å²) in [7, 11) is 4.78. The van der Waals surface area contributed by atoms with Gasteiger partial charge in [-0.2, -0.15) is 0 Å². The number of hydrogen-bond donors (Lipinski definition) is 1. The van der Waals surface area contributed by atoms with Gasteiger partial charge in [0.2, 0.25) is 0 Å². The Hall–Kier alpha value is -0.490. The molecular formula is C9H19NO4. The van der Waals surface area contributed by atoms with E-state index in [9.17, 15) is 9.90 Å². The smallest absolute Gasteiger partial charge is 0.172 e. The maximum absolute atomic E-state index is 11.1. The fraction of sp³-hybridized carbons (Fsp3) is 0.889. The molecule has 0 saturated carbocycles. The van der Waals surface area contributed by atoms with Crippen molar-refractivity contribution in [3.05, 3.63) is 0 Å². The summed E-state index contributed by atoms with van der Waals surface area (Å²) in [5, 5.41) is 9.35. The Morgan fingerprint density at radius 1 is 1.43 bits per heavy atom. The number of nitrogens with zero attached hydrogens (tertiary/aromatic N) is 1. The minimum absolute atomic E-state index is 0.000355. The molecule has 0 fully saturated rings. The molecule has 1 N–H and O–H groups in total. The van der Waals surface area contributed by atoms with Crippen LogP contribution in [0.3, 0.4) is 0 Å². The third-order valence-electron chi connectivity index (χ3n) is 1.63. The topological polar surface area (TPSA) is 59.0 Å². The van der Waals surface area contributed by atoms with Crippen molar-refractivity contribution in [2.75, 3.05) is 47.6 Å². The Labute approximate surface area is 84.6 Å². The standard InChI is InChI=1S/C9H19NO4/c1-10(4-8(11)6-13-2)5-9(12)7-14-3/h8,11H,4-7H2,1-3H3. The number of methoxy groups -OCH3 is 2. The second kappa shape index (κ2) is 7.87. The molecule has 0 aliphatic heterocycles. The van der Waals surface area contributed by atoms with E-state index in [0.717, 1.165) is 0 Å². The predicted molar refractivity (Wildman–Crippen MR) is 52.3 cm³/mol. The molecule has 0 spiro atoms. The predicted octanol–water partition coefficient (Wildman–Crippen LogP) is -0.859. The van der Waals surface area contributed by atoms with Gasteiger partial charge < -0.3 is 14.6 Å². The lowest BCUT2D eigenvalue weighted by Gasteiger charge is -2.18. The third-order valence-corrected chi connectivity index (χ3v) is 1.63. The van der Waals surface area contributed by atoms with E-state index >= 15 is 0 Å². The minimum atomic E-state index is -0.555. The zero-order valence-electron chi connectivity index (χ0n) is 9.02. The average molecular weight is 205 g/mol. The number of Topliss-reactive ketones (excluding diaryl/α,β-unsaturated/α-hetero) is 1. The number of ketones is 1. The monoisotopic (exact) mass is 205 g/mol. The van der Waals surface area contributed by atoms with E-state index in [1.165, 1.54) is 14.2 Å². The molecule has 84 valence electrons. The maximum atomic E-state index is 11.1. The molecule has 0 rings (SSSR count). The van der Waals surface area contributed by atoms with Crippen LogP contribution in [0.4, 0.5) is 0 Å². The van der Waals surface area contributed by atoms with E-state index in [2.05, 4.69) is 0 Å². The summed E-state index contributed by atoms with van der Waals surface area (Å²) in [6.45, 7) is 1.10. The second-order valence-electron chi connectivity index (χ2n) is 3.28. The Kier molecular flexibility index (Phi) is 7.60. The fourth-order valence-electron chi connectivity index (χ4n) is 1.18. The van der Waals surface area contributed by atoms with Crippen LogP contribution in [-0.2, 0) is 14.3 Å². The molecule has 1 atom stereocenters. The first-order valence-electron chi connectivity index (χ1n) is 4.46. The number of hydrogen-bond acceptors (Lipinski definition) is 5. The normalized spacial score (nSPS) is 13.2. The molecular weight excluding hydrogens is 186 g/mol. The van der Waals surface area contributed by atoms with E-state index in [4.69, 9.17) is 9.47 Å². The summed E-state index contributed by atoms with van der Waals surface area (Å²) in [6.07, 6.45) is -0.555. The number of rotatable bonds is 8. The van der Waals surface area contributed by atoms with Crippen LogP contribution < -0.4 is 0 Å². The molecule has 1 unspecified atom stereocenters. The molecule has 0 bridgehead atoms. The summed E-state index contributed by atoms with van der Waals surface area (Å²) < 4.78 is 9.46. The summed E-state index contributed by atoms with van der Waals surface area (Å²) in [4.78, 5) is 12.9. The summed E-state index contributed by atoms with van der Waals surface area (Å²) in [5.74, 6) is -0.000355. The van der Waals surface area contributed by atoms with Crippen molar-refractivity contribution in [3.8, 4) is 0 Å². The van der Waals surface area contributed by atoms with E-state index in [1.807, 2.05) is 0 Å². The molecule has 0 aromatic carbocycles. The average Bonchev–Trinajstić information content (AvgIpc) is 2.03. The molecule has 0 aliphatic carbocycles. The van der Waals surface area contributed by atoms with Crippen LogP contribution in [0.15, 0.2) is 0 Å². The molecule has 0 radical (unpaired) electrons. The van der Waals surface area contributed by atoms with Crippen molar-refractivity contribution in [1.29, 1.82) is 0 Å². The van der Waals surface area contributed by atoms with Gasteiger partial charge in [-0.05, 0) is 7.05 Å². The van der Waals surface area contributed by atoms with Gasteiger partial charge in [0.1, 0.15) is 6.61 Å². The van der Waals surface area contributed by atoms with Gasteiger partial charge in [0.15, 0.2) is 5.78 Å². The molecule has 0 saturated heterocycles. The quantitative estimate of drug-likeness (QED) is 0.559. The Bertz CT molecular complexity index is 163. The number of aliphatic hydroxyl groups excluding tert-OH is 1. The minimum Gasteiger partial charge on any atom is -0.389 e. The highest BCUT2D eigenvalue weighted by Gasteiger charge is 2.10. The number of ether oxygens (including phenoxy) is 2. The summed E-state index contributed by atoms with van der Waals surface area (Å²) in [5.41, 5.74) is 0. The van der Waals surface area contributed by atoms with Crippen LogP contribution in [0, 0.1) is 0 Å². The van der Waals surface area contributed by atoms with Gasteiger partial charge in [-0.3, -0.25) is 9.69 Å².